The van der Waals surface area contributed by atoms with Crippen LogP contribution in [0.1, 0.15) is 84.6 Å². The first kappa shape index (κ1) is 23.1. The highest BCUT2D eigenvalue weighted by atomic mass is 16.6. The summed E-state index contributed by atoms with van der Waals surface area (Å²) < 4.78 is 6.06. The standard InChI is InChI=1S/C29H40O4/c1-19(30)27(3)13-12-25-23-10-7-21-17-29(32,33-18-20-5-8-22(31)9-6-20)16-15-26(21,2)24(23)11-14-28(25,27)4/h5-9,23-25,31-32H,10-18H2,1-4H3/t23?,24?,25?,26-,27+,28-,29-/m0/s1. The molecular formula is C29H40O4. The van der Waals surface area contributed by atoms with E-state index in [1.54, 1.807) is 19.1 Å². The van der Waals surface area contributed by atoms with Crippen LogP contribution in [0.3, 0.4) is 0 Å². The Balaban J connectivity index is 1.34. The SMILES string of the molecule is CC(=O)[C@@]1(C)CCC2C3CC=C4C[C@@](O)(OCc5ccc(O)cc5)CC[C@]4(C)C3CC[C@@]21C. The van der Waals surface area contributed by atoms with Crippen LogP contribution in [0.15, 0.2) is 35.9 Å². The molecule has 0 aliphatic heterocycles. The summed E-state index contributed by atoms with van der Waals surface area (Å²) in [5.41, 5.74) is 2.38. The Bertz CT molecular complexity index is 966. The van der Waals surface area contributed by atoms with Crippen molar-refractivity contribution in [1.82, 2.24) is 0 Å². The van der Waals surface area contributed by atoms with E-state index < -0.39 is 5.79 Å². The maximum absolute atomic E-state index is 12.7. The Kier molecular flexibility index (Phi) is 5.38. The maximum Gasteiger partial charge on any atom is 0.169 e. The van der Waals surface area contributed by atoms with Crippen LogP contribution in [-0.2, 0) is 16.1 Å². The van der Waals surface area contributed by atoms with Crippen LogP contribution in [0, 0.1) is 34.0 Å². The minimum Gasteiger partial charge on any atom is -0.508 e. The minimum atomic E-state index is -1.13. The van der Waals surface area contributed by atoms with E-state index in [1.165, 1.54) is 18.4 Å². The predicted molar refractivity (Wildman–Crippen MR) is 128 cm³/mol. The molecule has 4 aliphatic rings. The molecule has 4 nitrogen and oxygen atoms in total. The third kappa shape index (κ3) is 3.43. The van der Waals surface area contributed by atoms with E-state index in [4.69, 9.17) is 4.74 Å². The Morgan fingerprint density at radius 2 is 1.73 bits per heavy atom. The molecule has 180 valence electrons. The zero-order chi connectivity index (χ0) is 23.6. The van der Waals surface area contributed by atoms with Crippen LogP contribution in [0.2, 0.25) is 0 Å². The molecule has 0 radical (unpaired) electrons. The number of ketones is 1. The fraction of sp³-hybridized carbons (Fsp3) is 0.690. The van der Waals surface area contributed by atoms with Crippen molar-refractivity contribution in [2.45, 2.75) is 91.5 Å². The van der Waals surface area contributed by atoms with Gasteiger partial charge < -0.3 is 14.9 Å². The van der Waals surface area contributed by atoms with Crippen molar-refractivity contribution in [3.05, 3.63) is 41.5 Å². The van der Waals surface area contributed by atoms with Crippen LogP contribution in [-0.4, -0.2) is 21.8 Å². The molecule has 4 heteroatoms. The average Bonchev–Trinajstić information content (AvgIpc) is 3.06. The summed E-state index contributed by atoms with van der Waals surface area (Å²) in [5.74, 6) is 1.38. The molecule has 0 saturated heterocycles. The minimum absolute atomic E-state index is 0.115. The number of hydrogen-bond acceptors (Lipinski definition) is 4. The van der Waals surface area contributed by atoms with Crippen LogP contribution in [0.5, 0.6) is 5.75 Å². The average molecular weight is 453 g/mol. The molecule has 7 atom stereocenters. The molecule has 1 aromatic rings. The highest BCUT2D eigenvalue weighted by Gasteiger charge is 2.64. The summed E-state index contributed by atoms with van der Waals surface area (Å²) in [6.45, 7) is 9.21. The molecule has 0 aromatic heterocycles. The largest absolute Gasteiger partial charge is 0.508 e. The number of benzene rings is 1. The quantitative estimate of drug-likeness (QED) is 0.424. The number of fused-ring (bicyclic) bond motifs is 5. The second-order valence-corrected chi connectivity index (χ2v) is 12.2. The highest BCUT2D eigenvalue weighted by Crippen LogP contribution is 2.70. The highest BCUT2D eigenvalue weighted by molar-refractivity contribution is 5.83. The van der Waals surface area contributed by atoms with Gasteiger partial charge in [-0.05, 0) is 91.7 Å². The monoisotopic (exact) mass is 452 g/mol. The molecule has 4 aliphatic carbocycles. The normalized spacial score (nSPS) is 44.4. The summed E-state index contributed by atoms with van der Waals surface area (Å²) >= 11 is 0. The van der Waals surface area contributed by atoms with Gasteiger partial charge in [0.25, 0.3) is 0 Å². The van der Waals surface area contributed by atoms with E-state index in [2.05, 4.69) is 26.8 Å². The lowest BCUT2D eigenvalue weighted by atomic mass is 9.45. The van der Waals surface area contributed by atoms with Crippen LogP contribution in [0.4, 0.5) is 0 Å². The van der Waals surface area contributed by atoms with Gasteiger partial charge in [-0.1, -0.05) is 44.6 Å². The molecule has 0 bridgehead atoms. The van der Waals surface area contributed by atoms with Gasteiger partial charge in [0.2, 0.25) is 0 Å². The molecule has 0 heterocycles. The van der Waals surface area contributed by atoms with Gasteiger partial charge >= 0.3 is 0 Å². The first-order chi connectivity index (χ1) is 15.5. The number of aromatic hydroxyl groups is 1. The molecule has 0 amide bonds. The third-order valence-electron chi connectivity index (χ3n) is 11.0. The van der Waals surface area contributed by atoms with Crippen molar-refractivity contribution in [3.8, 4) is 5.75 Å². The van der Waals surface area contributed by atoms with Crippen molar-refractivity contribution < 1.29 is 19.7 Å². The van der Waals surface area contributed by atoms with Gasteiger partial charge in [0.05, 0.1) is 6.61 Å². The molecule has 2 N–H and O–H groups in total. The Labute approximate surface area is 198 Å². The smallest absolute Gasteiger partial charge is 0.169 e. The van der Waals surface area contributed by atoms with E-state index in [1.807, 2.05) is 12.1 Å². The van der Waals surface area contributed by atoms with E-state index in [-0.39, 0.29) is 22.0 Å². The number of Topliss-reactive ketones (excluding diaryl/α,β-unsaturated/α-hetero) is 1. The lowest BCUT2D eigenvalue weighted by Gasteiger charge is -2.60. The first-order valence-corrected chi connectivity index (χ1v) is 12.9. The number of hydrogen-bond donors (Lipinski definition) is 2. The molecule has 0 spiro atoms. The number of phenols is 1. The van der Waals surface area contributed by atoms with Crippen molar-refractivity contribution in [2.75, 3.05) is 0 Å². The predicted octanol–water partition coefficient (Wildman–Crippen LogP) is 6.16. The zero-order valence-electron chi connectivity index (χ0n) is 20.7. The second kappa shape index (κ2) is 7.68. The maximum atomic E-state index is 12.7. The van der Waals surface area contributed by atoms with Gasteiger partial charge in [-0.2, -0.15) is 0 Å². The summed E-state index contributed by atoms with van der Waals surface area (Å²) in [7, 11) is 0. The van der Waals surface area contributed by atoms with E-state index >= 15 is 0 Å². The molecule has 3 unspecified atom stereocenters. The molecule has 5 rings (SSSR count). The number of phenolic OH excluding ortho intramolecular Hbond substituents is 1. The first-order valence-electron chi connectivity index (χ1n) is 12.9. The van der Waals surface area contributed by atoms with Crippen molar-refractivity contribution in [1.29, 1.82) is 0 Å². The van der Waals surface area contributed by atoms with E-state index in [0.29, 0.717) is 43.0 Å². The van der Waals surface area contributed by atoms with Gasteiger partial charge in [-0.25, -0.2) is 0 Å². The van der Waals surface area contributed by atoms with Gasteiger partial charge in [-0.15, -0.1) is 0 Å². The third-order valence-corrected chi connectivity index (χ3v) is 11.0. The topological polar surface area (TPSA) is 66.8 Å². The summed E-state index contributed by atoms with van der Waals surface area (Å²) in [4.78, 5) is 12.7. The second-order valence-electron chi connectivity index (χ2n) is 12.2. The Morgan fingerprint density at radius 3 is 2.42 bits per heavy atom. The molecule has 1 aromatic carbocycles. The molecular weight excluding hydrogens is 412 g/mol. The lowest BCUT2D eigenvalue weighted by Crippen LogP contribution is -2.54. The summed E-state index contributed by atoms with van der Waals surface area (Å²) in [6.07, 6.45) is 10.2. The fourth-order valence-corrected chi connectivity index (χ4v) is 8.40. The number of ether oxygens (including phenoxy) is 1. The Morgan fingerprint density at radius 1 is 1.03 bits per heavy atom. The summed E-state index contributed by atoms with van der Waals surface area (Å²) in [5, 5.41) is 20.8. The van der Waals surface area contributed by atoms with Gasteiger partial charge in [0, 0.05) is 18.3 Å². The number of rotatable bonds is 4. The van der Waals surface area contributed by atoms with Crippen molar-refractivity contribution in [3.63, 3.8) is 0 Å². The molecule has 33 heavy (non-hydrogen) atoms. The van der Waals surface area contributed by atoms with Gasteiger partial charge in [-0.3, -0.25) is 4.79 Å². The fourth-order valence-electron chi connectivity index (χ4n) is 8.40. The zero-order valence-corrected chi connectivity index (χ0v) is 20.7. The molecule has 3 fully saturated rings. The van der Waals surface area contributed by atoms with Crippen LogP contribution in [0.25, 0.3) is 0 Å². The summed E-state index contributed by atoms with van der Waals surface area (Å²) in [6, 6.07) is 6.99. The van der Waals surface area contributed by atoms with Gasteiger partial charge in [0.15, 0.2) is 5.79 Å². The van der Waals surface area contributed by atoms with Crippen molar-refractivity contribution in [2.24, 2.45) is 34.0 Å². The number of carbonyl (C=O) groups is 1. The lowest BCUT2D eigenvalue weighted by molar-refractivity contribution is -0.231. The number of allylic oxidation sites excluding steroid dienone is 1. The van der Waals surface area contributed by atoms with E-state index in [9.17, 15) is 15.0 Å². The number of aliphatic hydroxyl groups is 1. The van der Waals surface area contributed by atoms with Gasteiger partial charge in [0.1, 0.15) is 11.5 Å². The van der Waals surface area contributed by atoms with Crippen LogP contribution >= 0.6 is 0 Å². The Hall–Kier alpha value is -1.65. The van der Waals surface area contributed by atoms with Crippen LogP contribution < -0.4 is 0 Å². The van der Waals surface area contributed by atoms with E-state index in [0.717, 1.165) is 31.2 Å². The number of carbonyl (C=O) groups excluding carboxylic acids is 1. The molecule has 3 saturated carbocycles. The van der Waals surface area contributed by atoms with Crippen molar-refractivity contribution >= 4 is 5.78 Å².